The van der Waals surface area contributed by atoms with Gasteiger partial charge in [0.05, 0.1) is 12.7 Å². The standard InChI is InChI=1S/C24H23Cl2NO5/c1-14-9-22(29)32-24-18(14)10-16(4-6-21(28)30-2)23-19(24)12-27(13-31-23)8-7-15-3-5-17(25)11-20(15)26/h3,5,9-11H,4,6-8,12-13H2,1-2H3. The Morgan fingerprint density at radius 1 is 1.16 bits per heavy atom. The van der Waals surface area contributed by atoms with Gasteiger partial charge in [0, 0.05) is 41.0 Å². The lowest BCUT2D eigenvalue weighted by atomic mass is 9.97. The van der Waals surface area contributed by atoms with Gasteiger partial charge in [-0.15, -0.1) is 0 Å². The highest BCUT2D eigenvalue weighted by Crippen LogP contribution is 2.37. The van der Waals surface area contributed by atoms with E-state index in [0.29, 0.717) is 47.6 Å². The maximum absolute atomic E-state index is 12.1. The van der Waals surface area contributed by atoms with Gasteiger partial charge in [0.1, 0.15) is 18.1 Å². The summed E-state index contributed by atoms with van der Waals surface area (Å²) >= 11 is 12.3. The smallest absolute Gasteiger partial charge is 0.336 e. The zero-order valence-corrected chi connectivity index (χ0v) is 19.4. The normalized spacial score (nSPS) is 13.6. The number of ether oxygens (including phenoxy) is 2. The van der Waals surface area contributed by atoms with Crippen LogP contribution >= 0.6 is 23.2 Å². The molecule has 0 amide bonds. The SMILES string of the molecule is COC(=O)CCc1cc2c(C)cc(=O)oc2c2c1OCN(CCc1ccc(Cl)cc1Cl)C2. The molecule has 0 saturated heterocycles. The Bertz CT molecular complexity index is 1240. The lowest BCUT2D eigenvalue weighted by molar-refractivity contribution is -0.140. The van der Waals surface area contributed by atoms with Crippen LogP contribution in [0, 0.1) is 6.92 Å². The highest BCUT2D eigenvalue weighted by atomic mass is 35.5. The van der Waals surface area contributed by atoms with Crippen molar-refractivity contribution in [1.29, 1.82) is 0 Å². The average molecular weight is 476 g/mol. The predicted octanol–water partition coefficient (Wildman–Crippen LogP) is 4.91. The summed E-state index contributed by atoms with van der Waals surface area (Å²) in [5.41, 5.74) is 3.67. The van der Waals surface area contributed by atoms with Crippen molar-refractivity contribution in [2.75, 3.05) is 20.4 Å². The molecule has 6 nitrogen and oxygen atoms in total. The van der Waals surface area contributed by atoms with E-state index in [1.165, 1.54) is 13.2 Å². The third-order valence-electron chi connectivity index (χ3n) is 5.68. The van der Waals surface area contributed by atoms with Crippen molar-refractivity contribution in [2.24, 2.45) is 0 Å². The number of aryl methyl sites for hydroxylation is 2. The van der Waals surface area contributed by atoms with E-state index in [2.05, 4.69) is 4.90 Å². The maximum Gasteiger partial charge on any atom is 0.336 e. The Balaban J connectivity index is 1.65. The molecule has 0 saturated carbocycles. The number of methoxy groups -OCH3 is 1. The van der Waals surface area contributed by atoms with E-state index >= 15 is 0 Å². The molecular formula is C24H23Cl2NO5. The number of rotatable bonds is 6. The number of halogens is 2. The molecule has 0 radical (unpaired) electrons. The van der Waals surface area contributed by atoms with Crippen LogP contribution in [-0.2, 0) is 28.9 Å². The Morgan fingerprint density at radius 3 is 2.72 bits per heavy atom. The first kappa shape index (κ1) is 22.6. The van der Waals surface area contributed by atoms with Gasteiger partial charge in [-0.2, -0.15) is 0 Å². The molecule has 168 valence electrons. The summed E-state index contributed by atoms with van der Waals surface area (Å²) in [6.07, 6.45) is 1.44. The molecule has 0 aliphatic carbocycles. The molecule has 32 heavy (non-hydrogen) atoms. The number of carbonyl (C=O) groups excluding carboxylic acids is 1. The van der Waals surface area contributed by atoms with E-state index in [1.807, 2.05) is 25.1 Å². The Hall–Kier alpha value is -2.54. The Labute approximate surface area is 195 Å². The van der Waals surface area contributed by atoms with Crippen LogP contribution < -0.4 is 10.4 Å². The molecule has 0 spiro atoms. The largest absolute Gasteiger partial charge is 0.477 e. The first-order chi connectivity index (χ1) is 15.4. The van der Waals surface area contributed by atoms with Crippen LogP contribution in [0.3, 0.4) is 0 Å². The molecule has 0 unspecified atom stereocenters. The second kappa shape index (κ2) is 9.53. The van der Waals surface area contributed by atoms with Gasteiger partial charge in [-0.1, -0.05) is 29.3 Å². The maximum atomic E-state index is 12.1. The van der Waals surface area contributed by atoms with Crippen molar-refractivity contribution in [1.82, 2.24) is 4.90 Å². The van der Waals surface area contributed by atoms with Crippen molar-refractivity contribution in [3.63, 3.8) is 0 Å². The fourth-order valence-electron chi connectivity index (χ4n) is 3.98. The fraction of sp³-hybridized carbons (Fsp3) is 0.333. The first-order valence-corrected chi connectivity index (χ1v) is 11.1. The Morgan fingerprint density at radius 2 is 1.97 bits per heavy atom. The highest BCUT2D eigenvalue weighted by Gasteiger charge is 2.25. The molecule has 3 aromatic rings. The van der Waals surface area contributed by atoms with Crippen LogP contribution in [0.4, 0.5) is 0 Å². The van der Waals surface area contributed by atoms with E-state index in [-0.39, 0.29) is 12.4 Å². The summed E-state index contributed by atoms with van der Waals surface area (Å²) in [5.74, 6) is 0.392. The van der Waals surface area contributed by atoms with Crippen LogP contribution in [0.1, 0.15) is 28.7 Å². The van der Waals surface area contributed by atoms with Gasteiger partial charge >= 0.3 is 11.6 Å². The van der Waals surface area contributed by atoms with E-state index < -0.39 is 5.63 Å². The summed E-state index contributed by atoms with van der Waals surface area (Å²) in [6, 6.07) is 8.90. The third-order valence-corrected chi connectivity index (χ3v) is 6.26. The van der Waals surface area contributed by atoms with Crippen molar-refractivity contribution >= 4 is 40.1 Å². The van der Waals surface area contributed by atoms with Crippen LogP contribution in [0.5, 0.6) is 5.75 Å². The van der Waals surface area contributed by atoms with E-state index in [4.69, 9.17) is 37.1 Å². The third kappa shape index (κ3) is 4.77. The van der Waals surface area contributed by atoms with Crippen LogP contribution in [-0.4, -0.2) is 31.3 Å². The van der Waals surface area contributed by atoms with Crippen LogP contribution in [0.15, 0.2) is 39.5 Å². The summed E-state index contributed by atoms with van der Waals surface area (Å²) in [5, 5.41) is 2.08. The molecule has 2 heterocycles. The molecule has 0 atom stereocenters. The molecule has 2 aromatic carbocycles. The first-order valence-electron chi connectivity index (χ1n) is 10.3. The number of hydrogen-bond donors (Lipinski definition) is 0. The van der Waals surface area contributed by atoms with Gasteiger partial charge in [0.15, 0.2) is 0 Å². The van der Waals surface area contributed by atoms with E-state index in [0.717, 1.165) is 34.1 Å². The minimum absolute atomic E-state index is 0.242. The van der Waals surface area contributed by atoms with Gasteiger partial charge in [0.25, 0.3) is 0 Å². The average Bonchev–Trinajstić information content (AvgIpc) is 2.77. The molecule has 4 rings (SSSR count). The van der Waals surface area contributed by atoms with Crippen molar-refractivity contribution in [3.8, 4) is 5.75 Å². The molecular weight excluding hydrogens is 453 g/mol. The highest BCUT2D eigenvalue weighted by molar-refractivity contribution is 6.35. The number of fused-ring (bicyclic) bond motifs is 3. The molecule has 1 aromatic heterocycles. The molecule has 0 N–H and O–H groups in total. The lowest BCUT2D eigenvalue weighted by Gasteiger charge is -2.31. The number of esters is 1. The zero-order valence-electron chi connectivity index (χ0n) is 17.9. The second-order valence-electron chi connectivity index (χ2n) is 7.86. The van der Waals surface area contributed by atoms with Gasteiger partial charge in [0.2, 0.25) is 0 Å². The Kier molecular flexibility index (Phi) is 6.74. The number of hydrogen-bond acceptors (Lipinski definition) is 6. The van der Waals surface area contributed by atoms with Crippen molar-refractivity contribution < 1.29 is 18.7 Å². The topological polar surface area (TPSA) is 69.0 Å². The van der Waals surface area contributed by atoms with Crippen molar-refractivity contribution in [2.45, 2.75) is 32.7 Å². The predicted molar refractivity (Wildman–Crippen MR) is 124 cm³/mol. The van der Waals surface area contributed by atoms with Gasteiger partial charge in [-0.25, -0.2) is 4.79 Å². The fourth-order valence-corrected chi connectivity index (χ4v) is 4.48. The monoisotopic (exact) mass is 475 g/mol. The lowest BCUT2D eigenvalue weighted by Crippen LogP contribution is -2.34. The summed E-state index contributed by atoms with van der Waals surface area (Å²) in [6.45, 7) is 3.50. The molecule has 8 heteroatoms. The minimum Gasteiger partial charge on any atom is -0.477 e. The van der Waals surface area contributed by atoms with Crippen LogP contribution in [0.25, 0.3) is 11.0 Å². The quantitative estimate of drug-likeness (QED) is 0.372. The van der Waals surface area contributed by atoms with Gasteiger partial charge in [-0.05, 0) is 54.7 Å². The summed E-state index contributed by atoms with van der Waals surface area (Å²) in [7, 11) is 1.37. The van der Waals surface area contributed by atoms with Gasteiger partial charge < -0.3 is 13.9 Å². The van der Waals surface area contributed by atoms with Gasteiger partial charge in [-0.3, -0.25) is 9.69 Å². The van der Waals surface area contributed by atoms with Crippen molar-refractivity contribution in [3.05, 3.63) is 73.1 Å². The minimum atomic E-state index is -0.399. The molecule has 1 aliphatic heterocycles. The number of carbonyl (C=O) groups is 1. The molecule has 0 fully saturated rings. The number of nitrogens with zero attached hydrogens (tertiary/aromatic N) is 1. The summed E-state index contributed by atoms with van der Waals surface area (Å²) < 4.78 is 16.5. The van der Waals surface area contributed by atoms with E-state index in [1.54, 1.807) is 6.07 Å². The molecule has 0 bridgehead atoms. The second-order valence-corrected chi connectivity index (χ2v) is 8.70. The van der Waals surface area contributed by atoms with E-state index in [9.17, 15) is 9.59 Å². The summed E-state index contributed by atoms with van der Waals surface area (Å²) in [4.78, 5) is 25.9. The number of benzene rings is 2. The zero-order chi connectivity index (χ0) is 22.8. The van der Waals surface area contributed by atoms with Crippen LogP contribution in [0.2, 0.25) is 10.0 Å². The molecule has 1 aliphatic rings.